The van der Waals surface area contributed by atoms with Crippen molar-refractivity contribution in [2.75, 3.05) is 11.9 Å². The second-order valence-electron chi connectivity index (χ2n) is 7.36. The van der Waals surface area contributed by atoms with Crippen LogP contribution in [-0.2, 0) is 9.59 Å². The minimum absolute atomic E-state index is 0.0995. The Bertz CT molecular complexity index is 612. The second-order valence-corrected chi connectivity index (χ2v) is 8.37. The number of rotatable bonds is 6. The fourth-order valence-electron chi connectivity index (χ4n) is 3.90. The molecule has 25 heavy (non-hydrogen) atoms. The number of hydrogen-bond donors (Lipinski definition) is 1. The molecule has 1 aromatic rings. The van der Waals surface area contributed by atoms with Gasteiger partial charge in [-0.3, -0.25) is 9.59 Å². The predicted octanol–water partition coefficient (Wildman–Crippen LogP) is 3.56. The van der Waals surface area contributed by atoms with Gasteiger partial charge in [-0.2, -0.15) is 0 Å². The van der Waals surface area contributed by atoms with Crippen LogP contribution < -0.4 is 5.32 Å². The third-order valence-corrected chi connectivity index (χ3v) is 6.43. The van der Waals surface area contributed by atoms with Crippen LogP contribution in [0.1, 0.15) is 76.1 Å². The first-order valence-electron chi connectivity index (χ1n) is 9.52. The normalized spacial score (nSPS) is 23.0. The van der Waals surface area contributed by atoms with Crippen LogP contribution in [0.25, 0.3) is 0 Å². The van der Waals surface area contributed by atoms with E-state index >= 15 is 0 Å². The van der Waals surface area contributed by atoms with Crippen LogP contribution in [0, 0.1) is 5.92 Å². The zero-order valence-corrected chi connectivity index (χ0v) is 16.0. The lowest BCUT2D eigenvalue weighted by Crippen LogP contribution is -2.38. The summed E-state index contributed by atoms with van der Waals surface area (Å²) < 4.78 is 0. The standard InChI is InChI=1S/C18H28N4O2S/c1-3-7-12(2)17-20-21-18(25-17)19-16(24)13-10-15(23)22(11-13)14-8-5-4-6-9-14/h12-14H,3-11H2,1-2H3,(H,19,21,24). The van der Waals surface area contributed by atoms with Crippen LogP contribution in [0.4, 0.5) is 5.13 Å². The molecular weight excluding hydrogens is 336 g/mol. The van der Waals surface area contributed by atoms with E-state index in [1.165, 1.54) is 30.6 Å². The molecule has 2 fully saturated rings. The average molecular weight is 365 g/mol. The summed E-state index contributed by atoms with van der Waals surface area (Å²) in [5, 5.41) is 12.7. The lowest BCUT2D eigenvalue weighted by molar-refractivity contribution is -0.130. The number of aromatic nitrogens is 2. The molecule has 2 amide bonds. The molecule has 1 aromatic heterocycles. The molecule has 0 bridgehead atoms. The number of hydrogen-bond acceptors (Lipinski definition) is 5. The van der Waals surface area contributed by atoms with Gasteiger partial charge >= 0.3 is 0 Å². The summed E-state index contributed by atoms with van der Waals surface area (Å²) in [6.45, 7) is 4.83. The number of anilines is 1. The van der Waals surface area contributed by atoms with Gasteiger partial charge in [0.25, 0.3) is 0 Å². The summed E-state index contributed by atoms with van der Waals surface area (Å²) in [5.41, 5.74) is 0. The van der Waals surface area contributed by atoms with E-state index in [9.17, 15) is 9.59 Å². The highest BCUT2D eigenvalue weighted by atomic mass is 32.1. The van der Waals surface area contributed by atoms with Gasteiger partial charge in [-0.1, -0.05) is 50.9 Å². The summed E-state index contributed by atoms with van der Waals surface area (Å²) in [7, 11) is 0. The van der Waals surface area contributed by atoms with Crippen molar-refractivity contribution in [3.63, 3.8) is 0 Å². The Hall–Kier alpha value is -1.50. The highest BCUT2D eigenvalue weighted by Gasteiger charge is 2.38. The van der Waals surface area contributed by atoms with Gasteiger partial charge in [-0.25, -0.2) is 0 Å². The summed E-state index contributed by atoms with van der Waals surface area (Å²) in [6, 6.07) is 0.335. The monoisotopic (exact) mass is 364 g/mol. The molecule has 3 rings (SSSR count). The molecule has 0 aromatic carbocycles. The van der Waals surface area contributed by atoms with Crippen LogP contribution >= 0.6 is 11.3 Å². The van der Waals surface area contributed by atoms with Crippen LogP contribution in [-0.4, -0.2) is 39.5 Å². The molecule has 6 nitrogen and oxygen atoms in total. The van der Waals surface area contributed by atoms with Crippen molar-refractivity contribution in [2.45, 2.75) is 77.2 Å². The maximum absolute atomic E-state index is 12.5. The third kappa shape index (κ3) is 4.37. The van der Waals surface area contributed by atoms with Gasteiger partial charge in [-0.15, -0.1) is 10.2 Å². The van der Waals surface area contributed by atoms with Gasteiger partial charge < -0.3 is 10.2 Å². The van der Waals surface area contributed by atoms with E-state index in [0.29, 0.717) is 30.1 Å². The van der Waals surface area contributed by atoms with E-state index in [-0.39, 0.29) is 17.7 Å². The lowest BCUT2D eigenvalue weighted by Gasteiger charge is -2.31. The maximum Gasteiger partial charge on any atom is 0.231 e. The van der Waals surface area contributed by atoms with E-state index < -0.39 is 0 Å². The molecule has 1 aliphatic carbocycles. The van der Waals surface area contributed by atoms with Crippen molar-refractivity contribution < 1.29 is 9.59 Å². The lowest BCUT2D eigenvalue weighted by atomic mass is 9.94. The van der Waals surface area contributed by atoms with Crippen molar-refractivity contribution >= 4 is 28.3 Å². The van der Waals surface area contributed by atoms with Crippen LogP contribution in [0.5, 0.6) is 0 Å². The Labute approximate surface area is 153 Å². The minimum Gasteiger partial charge on any atom is -0.339 e. The Morgan fingerprint density at radius 1 is 1.32 bits per heavy atom. The van der Waals surface area contributed by atoms with Gasteiger partial charge in [0.1, 0.15) is 5.01 Å². The minimum atomic E-state index is -0.269. The smallest absolute Gasteiger partial charge is 0.231 e. The van der Waals surface area contributed by atoms with Gasteiger partial charge in [0.05, 0.1) is 5.92 Å². The molecule has 0 spiro atoms. The number of nitrogens with one attached hydrogen (secondary N) is 1. The molecule has 1 aliphatic heterocycles. The van der Waals surface area contributed by atoms with E-state index in [1.54, 1.807) is 0 Å². The van der Waals surface area contributed by atoms with E-state index in [0.717, 1.165) is 30.7 Å². The van der Waals surface area contributed by atoms with Crippen molar-refractivity contribution in [1.82, 2.24) is 15.1 Å². The Kier molecular flexibility index (Phi) is 6.04. The Morgan fingerprint density at radius 3 is 2.80 bits per heavy atom. The first-order valence-corrected chi connectivity index (χ1v) is 10.3. The van der Waals surface area contributed by atoms with Crippen molar-refractivity contribution in [2.24, 2.45) is 5.92 Å². The Balaban J connectivity index is 1.56. The van der Waals surface area contributed by atoms with E-state index in [1.807, 2.05) is 4.90 Å². The highest BCUT2D eigenvalue weighted by Crippen LogP contribution is 2.30. The van der Waals surface area contributed by atoms with Crippen LogP contribution in [0.15, 0.2) is 0 Å². The molecule has 1 saturated carbocycles. The first kappa shape index (κ1) is 18.3. The third-order valence-electron chi connectivity index (χ3n) is 5.36. The topological polar surface area (TPSA) is 75.2 Å². The fourth-order valence-corrected chi connectivity index (χ4v) is 4.73. The molecule has 2 heterocycles. The van der Waals surface area contributed by atoms with Gasteiger partial charge in [0.2, 0.25) is 16.9 Å². The number of carbonyl (C=O) groups excluding carboxylic acids is 2. The van der Waals surface area contributed by atoms with Crippen molar-refractivity contribution in [3.8, 4) is 0 Å². The summed E-state index contributed by atoms with van der Waals surface area (Å²) in [6.07, 6.45) is 8.28. The molecular formula is C18H28N4O2S. The first-order chi connectivity index (χ1) is 12.1. The van der Waals surface area contributed by atoms with E-state index in [4.69, 9.17) is 0 Å². The van der Waals surface area contributed by atoms with Crippen LogP contribution in [0.2, 0.25) is 0 Å². The van der Waals surface area contributed by atoms with E-state index in [2.05, 4.69) is 29.4 Å². The zero-order chi connectivity index (χ0) is 17.8. The largest absolute Gasteiger partial charge is 0.339 e. The molecule has 0 radical (unpaired) electrons. The van der Waals surface area contributed by atoms with Crippen molar-refractivity contribution in [3.05, 3.63) is 5.01 Å². The molecule has 2 aliphatic rings. The molecule has 1 saturated heterocycles. The van der Waals surface area contributed by atoms with Gasteiger partial charge in [-0.05, 0) is 19.3 Å². The van der Waals surface area contributed by atoms with Gasteiger partial charge in [0.15, 0.2) is 0 Å². The Morgan fingerprint density at radius 2 is 2.08 bits per heavy atom. The summed E-state index contributed by atoms with van der Waals surface area (Å²) in [4.78, 5) is 26.8. The number of nitrogens with zero attached hydrogens (tertiary/aromatic N) is 3. The SMILES string of the molecule is CCCC(C)c1nnc(NC(=O)C2CC(=O)N(C3CCCCC3)C2)s1. The molecule has 2 unspecified atom stereocenters. The molecule has 1 N–H and O–H groups in total. The maximum atomic E-state index is 12.5. The molecule has 2 atom stereocenters. The van der Waals surface area contributed by atoms with Crippen LogP contribution in [0.3, 0.4) is 0 Å². The predicted molar refractivity (Wildman–Crippen MR) is 98.6 cm³/mol. The zero-order valence-electron chi connectivity index (χ0n) is 15.2. The quantitative estimate of drug-likeness (QED) is 0.837. The number of likely N-dealkylation sites (tertiary alicyclic amines) is 1. The second kappa shape index (κ2) is 8.25. The average Bonchev–Trinajstić information content (AvgIpc) is 3.23. The summed E-state index contributed by atoms with van der Waals surface area (Å²) in [5.74, 6) is 0.122. The van der Waals surface area contributed by atoms with Crippen molar-refractivity contribution in [1.29, 1.82) is 0 Å². The molecule has 138 valence electrons. The number of amides is 2. The summed E-state index contributed by atoms with van der Waals surface area (Å²) >= 11 is 1.45. The van der Waals surface area contributed by atoms with Gasteiger partial charge in [0, 0.05) is 24.9 Å². The number of carbonyl (C=O) groups is 2. The molecule has 7 heteroatoms. The fraction of sp³-hybridized carbons (Fsp3) is 0.778. The highest BCUT2D eigenvalue weighted by molar-refractivity contribution is 7.15.